The predicted molar refractivity (Wildman–Crippen MR) is 74.3 cm³/mol. The molecular weight excluding hydrogens is 281 g/mol. The molecule has 6 heteroatoms. The highest BCUT2D eigenvalue weighted by Crippen LogP contribution is 2.49. The van der Waals surface area contributed by atoms with Gasteiger partial charge in [0.2, 0.25) is 0 Å². The highest BCUT2D eigenvalue weighted by molar-refractivity contribution is 5.37. The smallest absolute Gasteiger partial charge is 0.405 e. The molecule has 2 unspecified atom stereocenters. The zero-order valence-electron chi connectivity index (χ0n) is 12.2. The summed E-state index contributed by atoms with van der Waals surface area (Å²) in [7, 11) is 0. The number of hydrogen-bond donors (Lipinski definition) is 2. The van der Waals surface area contributed by atoms with Crippen LogP contribution in [0.1, 0.15) is 44.7 Å². The van der Waals surface area contributed by atoms with E-state index in [-0.39, 0.29) is 23.1 Å². The number of para-hydroxylation sites is 1. The molecule has 2 atom stereocenters. The van der Waals surface area contributed by atoms with E-state index in [0.29, 0.717) is 5.56 Å². The molecule has 1 aromatic carbocycles. The third-order valence-electron chi connectivity index (χ3n) is 4.40. The standard InChI is InChI=1S/C15H21F3N2O/c1-14(2)9-5-7-11(14)13(20-19)10-6-3-4-8-12(10)21-15(16,17)18/h3-4,6,8,11,13,20H,5,7,9,19H2,1-2H3. The molecule has 3 N–H and O–H groups in total. The van der Waals surface area contributed by atoms with Crippen LogP contribution in [-0.2, 0) is 0 Å². The lowest BCUT2D eigenvalue weighted by Gasteiger charge is -2.34. The molecule has 1 aliphatic rings. The van der Waals surface area contributed by atoms with Crippen LogP contribution < -0.4 is 16.0 Å². The molecule has 0 aromatic heterocycles. The largest absolute Gasteiger partial charge is 0.573 e. The van der Waals surface area contributed by atoms with E-state index in [4.69, 9.17) is 5.84 Å². The van der Waals surface area contributed by atoms with Gasteiger partial charge in [0.25, 0.3) is 0 Å². The topological polar surface area (TPSA) is 47.3 Å². The third-order valence-corrected chi connectivity index (χ3v) is 4.40. The Morgan fingerprint density at radius 1 is 1.33 bits per heavy atom. The molecule has 1 aliphatic carbocycles. The zero-order chi connectivity index (χ0) is 15.7. The Morgan fingerprint density at radius 3 is 2.52 bits per heavy atom. The number of hydrogen-bond acceptors (Lipinski definition) is 3. The second kappa shape index (κ2) is 5.85. The van der Waals surface area contributed by atoms with E-state index < -0.39 is 6.36 Å². The third kappa shape index (κ3) is 3.68. The maximum atomic E-state index is 12.5. The van der Waals surface area contributed by atoms with E-state index >= 15 is 0 Å². The maximum Gasteiger partial charge on any atom is 0.573 e. The molecule has 0 radical (unpaired) electrons. The molecule has 1 fully saturated rings. The van der Waals surface area contributed by atoms with E-state index in [2.05, 4.69) is 24.0 Å². The summed E-state index contributed by atoms with van der Waals surface area (Å²) in [5.74, 6) is 5.63. The Labute approximate surface area is 122 Å². The van der Waals surface area contributed by atoms with Gasteiger partial charge in [0, 0.05) is 5.56 Å². The first-order chi connectivity index (χ1) is 9.74. The highest BCUT2D eigenvalue weighted by Gasteiger charge is 2.41. The van der Waals surface area contributed by atoms with Crippen molar-refractivity contribution in [3.05, 3.63) is 29.8 Å². The fourth-order valence-corrected chi connectivity index (χ4v) is 3.35. The quantitative estimate of drug-likeness (QED) is 0.654. The number of nitrogens with one attached hydrogen (secondary N) is 1. The van der Waals surface area contributed by atoms with Crippen molar-refractivity contribution in [2.75, 3.05) is 0 Å². The van der Waals surface area contributed by atoms with Crippen molar-refractivity contribution in [1.29, 1.82) is 0 Å². The van der Waals surface area contributed by atoms with Crippen LogP contribution in [0.2, 0.25) is 0 Å². The van der Waals surface area contributed by atoms with Gasteiger partial charge in [0.1, 0.15) is 5.75 Å². The molecular formula is C15H21F3N2O. The van der Waals surface area contributed by atoms with Crippen molar-refractivity contribution in [2.24, 2.45) is 17.2 Å². The van der Waals surface area contributed by atoms with Gasteiger partial charge in [-0.05, 0) is 30.2 Å². The summed E-state index contributed by atoms with van der Waals surface area (Å²) in [6, 6.07) is 5.83. The van der Waals surface area contributed by atoms with Gasteiger partial charge in [-0.1, -0.05) is 38.5 Å². The van der Waals surface area contributed by atoms with E-state index in [1.54, 1.807) is 12.1 Å². The lowest BCUT2D eigenvalue weighted by molar-refractivity contribution is -0.275. The second-order valence-corrected chi connectivity index (χ2v) is 6.22. The number of alkyl halides is 3. The molecule has 1 saturated carbocycles. The van der Waals surface area contributed by atoms with E-state index in [1.807, 2.05) is 0 Å². The molecule has 2 rings (SSSR count). The SMILES string of the molecule is CC1(C)CCCC1C(NN)c1ccccc1OC(F)(F)F. The summed E-state index contributed by atoms with van der Waals surface area (Å²) in [5, 5.41) is 0. The molecule has 0 bridgehead atoms. The number of halogens is 3. The van der Waals surface area contributed by atoms with Crippen molar-refractivity contribution in [3.63, 3.8) is 0 Å². The highest BCUT2D eigenvalue weighted by atomic mass is 19.4. The summed E-state index contributed by atoms with van der Waals surface area (Å²) in [6.45, 7) is 4.25. The van der Waals surface area contributed by atoms with Gasteiger partial charge in [-0.15, -0.1) is 13.2 Å². The predicted octanol–water partition coefficient (Wildman–Crippen LogP) is 3.92. The number of nitrogens with two attached hydrogens (primary N) is 1. The van der Waals surface area contributed by atoms with Crippen LogP contribution in [0.5, 0.6) is 5.75 Å². The molecule has 0 saturated heterocycles. The van der Waals surface area contributed by atoms with Crippen LogP contribution >= 0.6 is 0 Å². The minimum absolute atomic E-state index is 0.0301. The van der Waals surface area contributed by atoms with Crippen molar-refractivity contribution in [3.8, 4) is 5.75 Å². The number of rotatable bonds is 4. The molecule has 0 spiro atoms. The molecule has 1 aromatic rings. The van der Waals surface area contributed by atoms with Gasteiger partial charge in [-0.25, -0.2) is 0 Å². The molecule has 21 heavy (non-hydrogen) atoms. The second-order valence-electron chi connectivity index (χ2n) is 6.22. The van der Waals surface area contributed by atoms with Gasteiger partial charge in [-0.2, -0.15) is 0 Å². The number of benzene rings is 1. The Hall–Kier alpha value is -1.27. The minimum atomic E-state index is -4.71. The zero-order valence-corrected chi connectivity index (χ0v) is 12.2. The molecule has 118 valence electrons. The molecule has 3 nitrogen and oxygen atoms in total. The lowest BCUT2D eigenvalue weighted by atomic mass is 9.75. The van der Waals surface area contributed by atoms with Gasteiger partial charge in [0.15, 0.2) is 0 Å². The van der Waals surface area contributed by atoms with Crippen LogP contribution in [0.4, 0.5) is 13.2 Å². The average molecular weight is 302 g/mol. The Morgan fingerprint density at radius 2 is 2.00 bits per heavy atom. The van der Waals surface area contributed by atoms with Crippen molar-refractivity contribution < 1.29 is 17.9 Å². The van der Waals surface area contributed by atoms with Crippen LogP contribution in [-0.4, -0.2) is 6.36 Å². The minimum Gasteiger partial charge on any atom is -0.405 e. The van der Waals surface area contributed by atoms with E-state index in [0.717, 1.165) is 19.3 Å². The average Bonchev–Trinajstić information content (AvgIpc) is 2.71. The van der Waals surface area contributed by atoms with Gasteiger partial charge >= 0.3 is 6.36 Å². The van der Waals surface area contributed by atoms with Crippen LogP contribution in [0.25, 0.3) is 0 Å². The van der Waals surface area contributed by atoms with E-state index in [1.165, 1.54) is 12.1 Å². The van der Waals surface area contributed by atoms with Crippen molar-refractivity contribution >= 4 is 0 Å². The summed E-state index contributed by atoms with van der Waals surface area (Å²) >= 11 is 0. The summed E-state index contributed by atoms with van der Waals surface area (Å²) in [6.07, 6.45) is -1.68. The van der Waals surface area contributed by atoms with Gasteiger partial charge in [-0.3, -0.25) is 11.3 Å². The summed E-state index contributed by atoms with van der Waals surface area (Å²) < 4.78 is 41.8. The van der Waals surface area contributed by atoms with Crippen LogP contribution in [0, 0.1) is 11.3 Å². The monoisotopic (exact) mass is 302 g/mol. The van der Waals surface area contributed by atoms with Crippen LogP contribution in [0.15, 0.2) is 24.3 Å². The fraction of sp³-hybridized carbons (Fsp3) is 0.600. The Kier molecular flexibility index (Phi) is 4.49. The molecule has 0 aliphatic heterocycles. The Bertz CT molecular complexity index is 488. The van der Waals surface area contributed by atoms with Gasteiger partial charge < -0.3 is 4.74 Å². The van der Waals surface area contributed by atoms with Crippen molar-refractivity contribution in [1.82, 2.24) is 5.43 Å². The molecule has 0 heterocycles. The van der Waals surface area contributed by atoms with Crippen molar-refractivity contribution in [2.45, 2.75) is 45.5 Å². The lowest BCUT2D eigenvalue weighted by Crippen LogP contribution is -2.38. The van der Waals surface area contributed by atoms with E-state index in [9.17, 15) is 13.2 Å². The molecule has 0 amide bonds. The summed E-state index contributed by atoms with van der Waals surface area (Å²) in [4.78, 5) is 0. The maximum absolute atomic E-state index is 12.5. The fourth-order valence-electron chi connectivity index (χ4n) is 3.35. The normalized spacial score (nSPS) is 23.0. The van der Waals surface area contributed by atoms with Gasteiger partial charge in [0.05, 0.1) is 6.04 Å². The first-order valence-corrected chi connectivity index (χ1v) is 7.05. The Balaban J connectivity index is 2.34. The number of hydrazine groups is 1. The summed E-state index contributed by atoms with van der Waals surface area (Å²) in [5.41, 5.74) is 3.18. The first kappa shape index (κ1) is 16.1. The number of ether oxygens (including phenoxy) is 1. The first-order valence-electron chi connectivity index (χ1n) is 7.05. The van der Waals surface area contributed by atoms with Crippen LogP contribution in [0.3, 0.4) is 0 Å².